The minimum absolute atomic E-state index is 0.190. The number of carbonyl (C=O) groups is 1. The summed E-state index contributed by atoms with van der Waals surface area (Å²) in [7, 11) is -2.05. The highest BCUT2D eigenvalue weighted by Gasteiger charge is 2.19. The predicted molar refractivity (Wildman–Crippen MR) is 98.2 cm³/mol. The molecule has 0 radical (unpaired) electrons. The maximum Gasteiger partial charge on any atom is 0.234 e. The number of sulfonamides is 1. The highest BCUT2D eigenvalue weighted by molar-refractivity contribution is 7.92. The maximum atomic E-state index is 12.4. The summed E-state index contributed by atoms with van der Waals surface area (Å²) in [5.41, 5.74) is 1.55. The van der Waals surface area contributed by atoms with Crippen LogP contribution in [0.25, 0.3) is 0 Å². The van der Waals surface area contributed by atoms with E-state index in [2.05, 4.69) is 10.0 Å². The van der Waals surface area contributed by atoms with Crippen LogP contribution < -0.4 is 14.8 Å². The quantitative estimate of drug-likeness (QED) is 0.635. The number of anilines is 1. The Kier molecular flexibility index (Phi) is 6.82. The zero-order valence-corrected chi connectivity index (χ0v) is 14.8. The van der Waals surface area contributed by atoms with Crippen molar-refractivity contribution in [1.29, 1.82) is 0 Å². The summed E-state index contributed by atoms with van der Waals surface area (Å²) in [5, 5.41) is 2.59. The van der Waals surface area contributed by atoms with Crippen LogP contribution in [-0.4, -0.2) is 33.7 Å². The number of aryl methyl sites for hydroxylation is 1. The maximum absolute atomic E-state index is 12.4. The molecule has 0 aromatic heterocycles. The highest BCUT2D eigenvalue weighted by Crippen LogP contribution is 2.17. The van der Waals surface area contributed by atoms with E-state index < -0.39 is 16.1 Å². The Labute approximate surface area is 148 Å². The monoisotopic (exact) mass is 362 g/mol. The van der Waals surface area contributed by atoms with E-state index in [0.29, 0.717) is 30.7 Å². The van der Waals surface area contributed by atoms with Crippen molar-refractivity contribution in [2.24, 2.45) is 0 Å². The van der Waals surface area contributed by atoms with Crippen LogP contribution in [0.4, 0.5) is 5.69 Å². The summed E-state index contributed by atoms with van der Waals surface area (Å²) in [6, 6.07) is 15.9. The molecule has 2 rings (SSSR count). The van der Waals surface area contributed by atoms with Gasteiger partial charge in [-0.15, -0.1) is 0 Å². The summed E-state index contributed by atoms with van der Waals surface area (Å²) in [6.45, 7) is 0. The first-order valence-corrected chi connectivity index (χ1v) is 9.56. The largest absolute Gasteiger partial charge is 0.497 e. The molecular formula is C18H22N2O4S. The van der Waals surface area contributed by atoms with Gasteiger partial charge in [0.05, 0.1) is 12.9 Å². The zero-order chi connectivity index (χ0) is 18.1. The fourth-order valence-corrected chi connectivity index (χ4v) is 3.81. The predicted octanol–water partition coefficient (Wildman–Crippen LogP) is 2.18. The van der Waals surface area contributed by atoms with Gasteiger partial charge in [0.1, 0.15) is 5.75 Å². The van der Waals surface area contributed by atoms with Crippen molar-refractivity contribution >= 4 is 22.1 Å². The average Bonchev–Trinajstić information content (AvgIpc) is 2.61. The molecule has 0 aliphatic carbocycles. The molecule has 0 bridgehead atoms. The Bertz CT molecular complexity index is 761. The number of nitrogens with one attached hydrogen (secondary N) is 2. The number of carbonyl (C=O) groups excluding carboxylic acids is 1. The SMILES string of the molecule is COc1ccc(NS(=O)(=O)C[C@H](CCc2ccccc2)NC=O)cc1. The number of benzene rings is 2. The molecule has 0 unspecified atom stereocenters. The second-order valence-corrected chi connectivity index (χ2v) is 7.38. The van der Waals surface area contributed by atoms with E-state index in [-0.39, 0.29) is 5.75 Å². The van der Waals surface area contributed by atoms with Crippen LogP contribution in [0.3, 0.4) is 0 Å². The average molecular weight is 362 g/mol. The number of hydrogen-bond acceptors (Lipinski definition) is 4. The van der Waals surface area contributed by atoms with Gasteiger partial charge in [-0.1, -0.05) is 30.3 Å². The van der Waals surface area contributed by atoms with Gasteiger partial charge < -0.3 is 10.1 Å². The number of amides is 1. The number of hydrogen-bond donors (Lipinski definition) is 2. The number of ether oxygens (including phenoxy) is 1. The van der Waals surface area contributed by atoms with Crippen molar-refractivity contribution in [3.63, 3.8) is 0 Å². The first-order valence-electron chi connectivity index (χ1n) is 7.90. The van der Waals surface area contributed by atoms with Gasteiger partial charge in [0.2, 0.25) is 16.4 Å². The zero-order valence-electron chi connectivity index (χ0n) is 14.0. The van der Waals surface area contributed by atoms with Gasteiger partial charge in [0, 0.05) is 11.7 Å². The lowest BCUT2D eigenvalue weighted by atomic mass is 10.1. The molecule has 0 heterocycles. The minimum Gasteiger partial charge on any atom is -0.497 e. The van der Waals surface area contributed by atoms with Crippen molar-refractivity contribution in [3.8, 4) is 5.75 Å². The fourth-order valence-electron chi connectivity index (χ4n) is 2.44. The van der Waals surface area contributed by atoms with Crippen LogP contribution in [0.15, 0.2) is 54.6 Å². The van der Waals surface area contributed by atoms with Crippen molar-refractivity contribution in [2.45, 2.75) is 18.9 Å². The molecule has 0 aliphatic heterocycles. The van der Waals surface area contributed by atoms with E-state index in [1.165, 1.54) is 0 Å². The molecule has 2 aromatic rings. The normalized spacial score (nSPS) is 12.2. The molecule has 2 N–H and O–H groups in total. The molecule has 0 spiro atoms. The Morgan fingerprint density at radius 3 is 2.36 bits per heavy atom. The molecule has 7 heteroatoms. The molecule has 134 valence electrons. The van der Waals surface area contributed by atoms with Crippen LogP contribution in [-0.2, 0) is 21.2 Å². The molecule has 25 heavy (non-hydrogen) atoms. The third-order valence-corrected chi connectivity index (χ3v) is 5.10. The van der Waals surface area contributed by atoms with Gasteiger partial charge in [-0.3, -0.25) is 9.52 Å². The molecule has 0 fully saturated rings. The molecule has 1 amide bonds. The first kappa shape index (κ1) is 18.8. The Morgan fingerprint density at radius 1 is 1.08 bits per heavy atom. The van der Waals surface area contributed by atoms with Crippen molar-refractivity contribution in [3.05, 3.63) is 60.2 Å². The van der Waals surface area contributed by atoms with Crippen molar-refractivity contribution in [1.82, 2.24) is 5.32 Å². The highest BCUT2D eigenvalue weighted by atomic mass is 32.2. The summed E-state index contributed by atoms with van der Waals surface area (Å²) >= 11 is 0. The van der Waals surface area contributed by atoms with Crippen LogP contribution in [0, 0.1) is 0 Å². The van der Waals surface area contributed by atoms with E-state index in [4.69, 9.17) is 4.74 Å². The second-order valence-electron chi connectivity index (χ2n) is 5.62. The molecule has 0 saturated carbocycles. The van der Waals surface area contributed by atoms with E-state index in [9.17, 15) is 13.2 Å². The smallest absolute Gasteiger partial charge is 0.234 e. The summed E-state index contributed by atoms with van der Waals surface area (Å²) in [6.07, 6.45) is 1.76. The Morgan fingerprint density at radius 2 is 1.76 bits per heavy atom. The molecule has 0 aliphatic rings. The number of methoxy groups -OCH3 is 1. The molecule has 2 aromatic carbocycles. The summed E-state index contributed by atoms with van der Waals surface area (Å²) in [5.74, 6) is 0.455. The van der Waals surface area contributed by atoms with Crippen LogP contribution in [0.5, 0.6) is 5.75 Å². The van der Waals surface area contributed by atoms with Gasteiger partial charge in [-0.05, 0) is 42.7 Å². The molecular weight excluding hydrogens is 340 g/mol. The molecule has 1 atom stereocenters. The molecule has 6 nitrogen and oxygen atoms in total. The van der Waals surface area contributed by atoms with Gasteiger partial charge in [-0.25, -0.2) is 8.42 Å². The lowest BCUT2D eigenvalue weighted by Crippen LogP contribution is -2.37. The van der Waals surface area contributed by atoms with Gasteiger partial charge in [-0.2, -0.15) is 0 Å². The number of rotatable bonds is 10. The second kappa shape index (κ2) is 9.08. The third kappa shape index (κ3) is 6.46. The summed E-state index contributed by atoms with van der Waals surface area (Å²) < 4.78 is 32.3. The lowest BCUT2D eigenvalue weighted by molar-refractivity contribution is -0.110. The Hall–Kier alpha value is -2.54. The van der Waals surface area contributed by atoms with Crippen LogP contribution >= 0.6 is 0 Å². The first-order chi connectivity index (χ1) is 12.0. The standard InChI is InChI=1S/C18H22N2O4S/c1-24-18-11-9-16(10-12-18)20-25(22,23)13-17(19-14-21)8-7-15-5-3-2-4-6-15/h2-6,9-12,14,17,20H,7-8,13H2,1H3,(H,19,21)/t17-/m0/s1. The summed E-state index contributed by atoms with van der Waals surface area (Å²) in [4.78, 5) is 10.8. The molecule has 0 saturated heterocycles. The topological polar surface area (TPSA) is 84.5 Å². The van der Waals surface area contributed by atoms with E-state index >= 15 is 0 Å². The minimum atomic E-state index is -3.59. The van der Waals surface area contributed by atoms with E-state index in [1.54, 1.807) is 31.4 Å². The fraction of sp³-hybridized carbons (Fsp3) is 0.278. The van der Waals surface area contributed by atoms with Crippen molar-refractivity contribution < 1.29 is 17.9 Å². The van der Waals surface area contributed by atoms with Crippen molar-refractivity contribution in [2.75, 3.05) is 17.6 Å². The van der Waals surface area contributed by atoms with E-state index in [1.807, 2.05) is 30.3 Å². The Balaban J connectivity index is 1.96. The van der Waals surface area contributed by atoms with Gasteiger partial charge >= 0.3 is 0 Å². The lowest BCUT2D eigenvalue weighted by Gasteiger charge is -2.17. The van der Waals surface area contributed by atoms with Gasteiger partial charge in [0.25, 0.3) is 0 Å². The third-order valence-electron chi connectivity index (χ3n) is 3.71. The van der Waals surface area contributed by atoms with Crippen LogP contribution in [0.1, 0.15) is 12.0 Å². The van der Waals surface area contributed by atoms with Gasteiger partial charge in [0.15, 0.2) is 0 Å². The van der Waals surface area contributed by atoms with E-state index in [0.717, 1.165) is 5.56 Å². The van der Waals surface area contributed by atoms with Crippen LogP contribution in [0.2, 0.25) is 0 Å².